The molecule has 0 aliphatic rings. The molecule has 2 N–H and O–H groups in total. The van der Waals surface area contributed by atoms with Crippen LogP contribution in [-0.4, -0.2) is 16.9 Å². The molecular formula is C15H21N3O. The molecule has 0 saturated heterocycles. The third-order valence-electron chi connectivity index (χ3n) is 3.14. The molecule has 0 spiro atoms. The first-order valence-electron chi connectivity index (χ1n) is 6.65. The summed E-state index contributed by atoms with van der Waals surface area (Å²) in [5.41, 5.74) is 9.14. The van der Waals surface area contributed by atoms with E-state index in [0.717, 1.165) is 42.0 Å². The van der Waals surface area contributed by atoms with Crippen molar-refractivity contribution in [1.82, 2.24) is 9.78 Å². The van der Waals surface area contributed by atoms with Crippen LogP contribution in [0.5, 0.6) is 5.75 Å². The summed E-state index contributed by atoms with van der Waals surface area (Å²) in [6, 6.07) is 7.93. The van der Waals surface area contributed by atoms with E-state index in [2.05, 4.69) is 12.0 Å². The van der Waals surface area contributed by atoms with E-state index in [-0.39, 0.29) is 0 Å². The fourth-order valence-electron chi connectivity index (χ4n) is 2.09. The molecule has 0 aliphatic carbocycles. The highest BCUT2D eigenvalue weighted by atomic mass is 16.5. The maximum absolute atomic E-state index is 6.06. The Labute approximate surface area is 114 Å². The van der Waals surface area contributed by atoms with Gasteiger partial charge in [0.1, 0.15) is 17.3 Å². The quantitative estimate of drug-likeness (QED) is 0.897. The van der Waals surface area contributed by atoms with Crippen LogP contribution in [0.4, 0.5) is 5.82 Å². The molecular weight excluding hydrogens is 238 g/mol. The standard InChI is InChI=1S/C15H21N3O/c1-4-5-6-12-10-15(16)18(17-12)13-9-11(2)7-8-14(13)19-3/h7-10H,4-6,16H2,1-3H3. The van der Waals surface area contributed by atoms with Crippen LogP contribution in [0.1, 0.15) is 31.0 Å². The minimum absolute atomic E-state index is 0.648. The third-order valence-corrected chi connectivity index (χ3v) is 3.14. The van der Waals surface area contributed by atoms with Gasteiger partial charge in [-0.3, -0.25) is 0 Å². The predicted molar refractivity (Wildman–Crippen MR) is 77.9 cm³/mol. The second kappa shape index (κ2) is 5.78. The molecule has 4 heteroatoms. The van der Waals surface area contributed by atoms with Crippen LogP contribution >= 0.6 is 0 Å². The Bertz CT molecular complexity index is 561. The van der Waals surface area contributed by atoms with Gasteiger partial charge in [0.2, 0.25) is 0 Å². The van der Waals surface area contributed by atoms with E-state index < -0.39 is 0 Å². The lowest BCUT2D eigenvalue weighted by molar-refractivity contribution is 0.411. The predicted octanol–water partition coefficient (Wildman–Crippen LogP) is 3.11. The summed E-state index contributed by atoms with van der Waals surface area (Å²) in [5.74, 6) is 1.43. The molecule has 0 amide bonds. The second-order valence-corrected chi connectivity index (χ2v) is 4.75. The first-order chi connectivity index (χ1) is 9.15. The maximum Gasteiger partial charge on any atom is 0.144 e. The normalized spacial score (nSPS) is 10.7. The summed E-state index contributed by atoms with van der Waals surface area (Å²) in [6.07, 6.45) is 3.24. The zero-order chi connectivity index (χ0) is 13.8. The van der Waals surface area contributed by atoms with E-state index in [9.17, 15) is 0 Å². The van der Waals surface area contributed by atoms with E-state index in [1.54, 1.807) is 11.8 Å². The number of benzene rings is 1. The molecule has 0 aliphatic heterocycles. The number of hydrogen-bond donors (Lipinski definition) is 1. The number of ether oxygens (including phenoxy) is 1. The minimum Gasteiger partial charge on any atom is -0.494 e. The van der Waals surface area contributed by atoms with E-state index in [1.807, 2.05) is 31.2 Å². The highest BCUT2D eigenvalue weighted by Crippen LogP contribution is 2.26. The first kappa shape index (κ1) is 13.5. The van der Waals surface area contributed by atoms with Crippen LogP contribution in [0.2, 0.25) is 0 Å². The van der Waals surface area contributed by atoms with Crippen molar-refractivity contribution in [2.45, 2.75) is 33.1 Å². The largest absolute Gasteiger partial charge is 0.494 e. The minimum atomic E-state index is 0.648. The lowest BCUT2D eigenvalue weighted by Gasteiger charge is -2.10. The Hall–Kier alpha value is -1.97. The van der Waals surface area contributed by atoms with Crippen molar-refractivity contribution in [3.63, 3.8) is 0 Å². The van der Waals surface area contributed by atoms with Gasteiger partial charge in [-0.05, 0) is 37.5 Å². The van der Waals surface area contributed by atoms with Crippen LogP contribution in [0.3, 0.4) is 0 Å². The Morgan fingerprint density at radius 1 is 1.32 bits per heavy atom. The third kappa shape index (κ3) is 2.89. The van der Waals surface area contributed by atoms with Gasteiger partial charge < -0.3 is 10.5 Å². The number of nitrogen functional groups attached to an aromatic ring is 1. The number of nitrogens with zero attached hydrogens (tertiary/aromatic N) is 2. The Balaban J connectivity index is 2.40. The van der Waals surface area contributed by atoms with Crippen molar-refractivity contribution in [3.05, 3.63) is 35.5 Å². The molecule has 19 heavy (non-hydrogen) atoms. The fraction of sp³-hybridized carbons (Fsp3) is 0.400. The van der Waals surface area contributed by atoms with Crippen molar-refractivity contribution in [2.24, 2.45) is 0 Å². The summed E-state index contributed by atoms with van der Waals surface area (Å²) in [7, 11) is 1.66. The molecule has 0 atom stereocenters. The van der Waals surface area contributed by atoms with Gasteiger partial charge in [-0.25, -0.2) is 4.68 Å². The summed E-state index contributed by atoms with van der Waals surface area (Å²) < 4.78 is 7.14. The van der Waals surface area contributed by atoms with E-state index in [4.69, 9.17) is 10.5 Å². The van der Waals surface area contributed by atoms with Crippen LogP contribution in [0.15, 0.2) is 24.3 Å². The number of methoxy groups -OCH3 is 1. The van der Waals surface area contributed by atoms with Gasteiger partial charge in [0.05, 0.1) is 12.8 Å². The molecule has 0 unspecified atom stereocenters. The summed E-state index contributed by atoms with van der Waals surface area (Å²) in [5, 5.41) is 4.58. The van der Waals surface area contributed by atoms with Gasteiger partial charge in [-0.2, -0.15) is 5.10 Å². The monoisotopic (exact) mass is 259 g/mol. The molecule has 4 nitrogen and oxygen atoms in total. The molecule has 2 rings (SSSR count). The summed E-state index contributed by atoms with van der Waals surface area (Å²) in [4.78, 5) is 0. The van der Waals surface area contributed by atoms with E-state index in [0.29, 0.717) is 5.82 Å². The Kier molecular flexibility index (Phi) is 4.10. The summed E-state index contributed by atoms with van der Waals surface area (Å²) >= 11 is 0. The number of hydrogen-bond acceptors (Lipinski definition) is 3. The number of nitrogens with two attached hydrogens (primary N) is 1. The molecule has 0 bridgehead atoms. The molecule has 102 valence electrons. The smallest absolute Gasteiger partial charge is 0.144 e. The number of unbranched alkanes of at least 4 members (excludes halogenated alkanes) is 1. The first-order valence-corrected chi connectivity index (χ1v) is 6.65. The van der Waals surface area contributed by atoms with Gasteiger partial charge in [-0.1, -0.05) is 19.4 Å². The zero-order valence-corrected chi connectivity index (χ0v) is 11.8. The maximum atomic E-state index is 6.06. The number of anilines is 1. The van der Waals surface area contributed by atoms with E-state index in [1.165, 1.54) is 0 Å². The highest BCUT2D eigenvalue weighted by molar-refractivity contribution is 5.53. The molecule has 0 saturated carbocycles. The molecule has 2 aromatic rings. The van der Waals surface area contributed by atoms with Gasteiger partial charge in [0.15, 0.2) is 0 Å². The fourth-order valence-corrected chi connectivity index (χ4v) is 2.09. The lowest BCUT2D eigenvalue weighted by atomic mass is 10.2. The molecule has 0 radical (unpaired) electrons. The lowest BCUT2D eigenvalue weighted by Crippen LogP contribution is -2.04. The SMILES string of the molecule is CCCCc1cc(N)n(-c2cc(C)ccc2OC)n1. The van der Waals surface area contributed by atoms with Crippen LogP contribution in [-0.2, 0) is 6.42 Å². The van der Waals surface area contributed by atoms with Crippen molar-refractivity contribution >= 4 is 5.82 Å². The Morgan fingerprint density at radius 3 is 2.79 bits per heavy atom. The van der Waals surface area contributed by atoms with Crippen molar-refractivity contribution in [3.8, 4) is 11.4 Å². The van der Waals surface area contributed by atoms with Gasteiger partial charge in [-0.15, -0.1) is 0 Å². The van der Waals surface area contributed by atoms with Crippen LogP contribution in [0.25, 0.3) is 5.69 Å². The highest BCUT2D eigenvalue weighted by Gasteiger charge is 2.11. The van der Waals surface area contributed by atoms with Gasteiger partial charge in [0.25, 0.3) is 0 Å². The van der Waals surface area contributed by atoms with Crippen LogP contribution < -0.4 is 10.5 Å². The number of rotatable bonds is 5. The molecule has 1 aromatic carbocycles. The second-order valence-electron chi connectivity index (χ2n) is 4.75. The van der Waals surface area contributed by atoms with Crippen molar-refractivity contribution < 1.29 is 4.74 Å². The Morgan fingerprint density at radius 2 is 2.11 bits per heavy atom. The number of aromatic nitrogens is 2. The zero-order valence-electron chi connectivity index (χ0n) is 11.8. The average molecular weight is 259 g/mol. The van der Waals surface area contributed by atoms with Crippen molar-refractivity contribution in [1.29, 1.82) is 0 Å². The topological polar surface area (TPSA) is 53.1 Å². The van der Waals surface area contributed by atoms with Gasteiger partial charge in [0, 0.05) is 6.07 Å². The molecule has 1 heterocycles. The van der Waals surface area contributed by atoms with Gasteiger partial charge >= 0.3 is 0 Å². The van der Waals surface area contributed by atoms with Crippen LogP contribution in [0, 0.1) is 6.92 Å². The molecule has 0 fully saturated rings. The molecule has 1 aromatic heterocycles. The van der Waals surface area contributed by atoms with Crippen molar-refractivity contribution in [2.75, 3.05) is 12.8 Å². The number of aryl methyl sites for hydroxylation is 2. The average Bonchev–Trinajstić information content (AvgIpc) is 2.77. The summed E-state index contributed by atoms with van der Waals surface area (Å²) in [6.45, 7) is 4.21. The van der Waals surface area contributed by atoms with E-state index >= 15 is 0 Å².